The Labute approximate surface area is 153 Å². The zero-order chi connectivity index (χ0) is 19.2. The van der Waals surface area contributed by atoms with Crippen molar-refractivity contribution in [3.63, 3.8) is 0 Å². The molecule has 140 valence electrons. The molecule has 2 aromatic rings. The smallest absolute Gasteiger partial charge is 0.255 e. The molecule has 0 atom stereocenters. The van der Waals surface area contributed by atoms with E-state index < -0.39 is 10.0 Å². The molecular weight excluding hydrogens is 356 g/mol. The van der Waals surface area contributed by atoms with Gasteiger partial charge in [0.2, 0.25) is 10.0 Å². The molecule has 0 fully saturated rings. The highest BCUT2D eigenvalue weighted by Gasteiger charge is 2.18. The van der Waals surface area contributed by atoms with Crippen LogP contribution in [-0.2, 0) is 10.0 Å². The summed E-state index contributed by atoms with van der Waals surface area (Å²) in [4.78, 5) is 12.3. The summed E-state index contributed by atoms with van der Waals surface area (Å²) in [5.74, 6) is 0.675. The molecule has 0 spiro atoms. The fourth-order valence-corrected chi connectivity index (χ4v) is 3.37. The van der Waals surface area contributed by atoms with Crippen LogP contribution in [0.15, 0.2) is 48.5 Å². The molecule has 2 aromatic carbocycles. The van der Waals surface area contributed by atoms with Gasteiger partial charge in [0.25, 0.3) is 5.91 Å². The van der Waals surface area contributed by atoms with Crippen molar-refractivity contribution in [1.29, 1.82) is 0 Å². The lowest BCUT2D eigenvalue weighted by molar-refractivity contribution is 0.0952. The molecule has 26 heavy (non-hydrogen) atoms. The van der Waals surface area contributed by atoms with Crippen molar-refractivity contribution < 1.29 is 22.7 Å². The van der Waals surface area contributed by atoms with Gasteiger partial charge >= 0.3 is 0 Å². The highest BCUT2D eigenvalue weighted by Crippen LogP contribution is 2.22. The highest BCUT2D eigenvalue weighted by atomic mass is 32.2. The molecule has 0 radical (unpaired) electrons. The lowest BCUT2D eigenvalue weighted by atomic mass is 10.2. The number of amides is 1. The predicted molar refractivity (Wildman–Crippen MR) is 101 cm³/mol. The number of methoxy groups -OCH3 is 2. The van der Waals surface area contributed by atoms with Crippen LogP contribution in [0, 0.1) is 0 Å². The van der Waals surface area contributed by atoms with Crippen molar-refractivity contribution in [3.05, 3.63) is 54.1 Å². The number of hydrogen-bond acceptors (Lipinski definition) is 5. The van der Waals surface area contributed by atoms with Crippen LogP contribution in [0.25, 0.3) is 0 Å². The molecule has 7 nitrogen and oxygen atoms in total. The van der Waals surface area contributed by atoms with Gasteiger partial charge in [-0.1, -0.05) is 18.2 Å². The molecule has 0 unspecified atom stereocenters. The van der Waals surface area contributed by atoms with Crippen molar-refractivity contribution in [1.82, 2.24) is 5.32 Å². The van der Waals surface area contributed by atoms with Crippen molar-refractivity contribution in [3.8, 4) is 11.5 Å². The Morgan fingerprint density at radius 1 is 1.08 bits per heavy atom. The van der Waals surface area contributed by atoms with Gasteiger partial charge in [-0.3, -0.25) is 9.10 Å². The fraction of sp³-hybridized carbons (Fsp3) is 0.278. The second-order valence-corrected chi connectivity index (χ2v) is 7.40. The van der Waals surface area contributed by atoms with E-state index in [-0.39, 0.29) is 19.0 Å². The summed E-state index contributed by atoms with van der Waals surface area (Å²) in [5, 5.41) is 2.72. The summed E-state index contributed by atoms with van der Waals surface area (Å²) in [7, 11) is -0.519. The third-order valence-corrected chi connectivity index (χ3v) is 4.89. The lowest BCUT2D eigenvalue weighted by Gasteiger charge is -2.23. The number of sulfonamides is 1. The van der Waals surface area contributed by atoms with Crippen LogP contribution in [0.2, 0.25) is 0 Å². The summed E-state index contributed by atoms with van der Waals surface area (Å²) >= 11 is 0. The molecule has 0 aliphatic heterocycles. The number of rotatable bonds is 8. The molecule has 0 aliphatic carbocycles. The molecule has 0 bridgehead atoms. The zero-order valence-corrected chi connectivity index (χ0v) is 15.7. The molecule has 0 heterocycles. The number of benzene rings is 2. The van der Waals surface area contributed by atoms with Crippen molar-refractivity contribution in [2.24, 2.45) is 0 Å². The van der Waals surface area contributed by atoms with Crippen molar-refractivity contribution in [2.45, 2.75) is 0 Å². The molecule has 8 heteroatoms. The van der Waals surface area contributed by atoms with Gasteiger partial charge in [0.05, 0.1) is 38.3 Å². The molecule has 0 saturated carbocycles. The predicted octanol–water partition coefficient (Wildman–Crippen LogP) is 1.90. The number of carbonyl (C=O) groups is 1. The van der Waals surface area contributed by atoms with E-state index in [9.17, 15) is 13.2 Å². The second kappa shape index (κ2) is 8.57. The third-order valence-electron chi connectivity index (χ3n) is 3.69. The first-order valence-electron chi connectivity index (χ1n) is 7.90. The first-order valence-corrected chi connectivity index (χ1v) is 9.74. The van der Waals surface area contributed by atoms with Gasteiger partial charge in [0, 0.05) is 12.6 Å². The van der Waals surface area contributed by atoms with E-state index in [2.05, 4.69) is 5.32 Å². The van der Waals surface area contributed by atoms with E-state index in [1.54, 1.807) is 48.5 Å². The Hall–Kier alpha value is -2.74. The summed E-state index contributed by atoms with van der Waals surface area (Å²) < 4.78 is 35.8. The van der Waals surface area contributed by atoms with E-state index in [4.69, 9.17) is 9.47 Å². The molecular formula is C18H22N2O5S. The Balaban J connectivity index is 2.10. The third kappa shape index (κ3) is 4.89. The van der Waals surface area contributed by atoms with Crippen LogP contribution >= 0.6 is 0 Å². The van der Waals surface area contributed by atoms with Crippen LogP contribution in [0.4, 0.5) is 5.69 Å². The molecule has 0 aliphatic rings. The maximum absolute atomic E-state index is 12.3. The minimum absolute atomic E-state index is 0.0902. The first kappa shape index (κ1) is 19.6. The maximum Gasteiger partial charge on any atom is 0.255 e. The Morgan fingerprint density at radius 2 is 1.81 bits per heavy atom. The number of para-hydroxylation sites is 1. The number of anilines is 1. The SMILES string of the molecule is COc1cccc(N(CCNC(=O)c2ccccc2OC)S(C)(=O)=O)c1. The number of carbonyl (C=O) groups excluding carboxylic acids is 1. The van der Waals surface area contributed by atoms with Gasteiger partial charge in [-0.15, -0.1) is 0 Å². The maximum atomic E-state index is 12.3. The Morgan fingerprint density at radius 3 is 2.46 bits per heavy atom. The summed E-state index contributed by atoms with van der Waals surface area (Å²) in [6.45, 7) is 0.230. The molecule has 0 saturated heterocycles. The van der Waals surface area contributed by atoms with Gasteiger partial charge in [0.1, 0.15) is 11.5 Å². The van der Waals surface area contributed by atoms with Crippen LogP contribution in [-0.4, -0.2) is 47.9 Å². The molecule has 1 N–H and O–H groups in total. The lowest BCUT2D eigenvalue weighted by Crippen LogP contribution is -2.38. The van der Waals surface area contributed by atoms with E-state index in [1.807, 2.05) is 0 Å². The second-order valence-electron chi connectivity index (χ2n) is 5.49. The van der Waals surface area contributed by atoms with Crippen molar-refractivity contribution in [2.75, 3.05) is 37.9 Å². The summed E-state index contributed by atoms with van der Waals surface area (Å²) in [6.07, 6.45) is 1.12. The van der Waals surface area contributed by atoms with Crippen molar-refractivity contribution >= 4 is 21.6 Å². The van der Waals surface area contributed by atoms with Crippen LogP contribution < -0.4 is 19.1 Å². The fourth-order valence-electron chi connectivity index (χ4n) is 2.45. The first-order chi connectivity index (χ1) is 12.4. The average Bonchev–Trinajstić information content (AvgIpc) is 2.64. The monoisotopic (exact) mass is 378 g/mol. The minimum atomic E-state index is -3.52. The average molecular weight is 378 g/mol. The van der Waals surface area contributed by atoms with Gasteiger partial charge < -0.3 is 14.8 Å². The van der Waals surface area contributed by atoms with Gasteiger partial charge in [0.15, 0.2) is 0 Å². The quantitative estimate of drug-likeness (QED) is 0.758. The van der Waals surface area contributed by atoms with E-state index >= 15 is 0 Å². The normalized spacial score (nSPS) is 10.9. The minimum Gasteiger partial charge on any atom is -0.497 e. The Bertz CT molecular complexity index is 867. The van der Waals surface area contributed by atoms with Crippen LogP contribution in [0.1, 0.15) is 10.4 Å². The zero-order valence-electron chi connectivity index (χ0n) is 14.9. The largest absolute Gasteiger partial charge is 0.497 e. The molecule has 1 amide bonds. The summed E-state index contributed by atoms with van der Waals surface area (Å²) in [6, 6.07) is 13.6. The number of nitrogens with one attached hydrogen (secondary N) is 1. The molecule has 0 aromatic heterocycles. The van der Waals surface area contributed by atoms with Crippen LogP contribution in [0.3, 0.4) is 0 Å². The number of nitrogens with zero attached hydrogens (tertiary/aromatic N) is 1. The van der Waals surface area contributed by atoms with E-state index in [1.165, 1.54) is 18.5 Å². The number of ether oxygens (including phenoxy) is 2. The standard InChI is InChI=1S/C18H22N2O5S/c1-24-15-8-6-7-14(13-15)20(26(3,22)23)12-11-19-18(21)16-9-4-5-10-17(16)25-2/h4-10,13H,11-12H2,1-3H3,(H,19,21). The van der Waals surface area contributed by atoms with E-state index in [0.717, 1.165) is 6.26 Å². The number of hydrogen-bond donors (Lipinski definition) is 1. The Kier molecular flexibility index (Phi) is 6.46. The van der Waals surface area contributed by atoms with Gasteiger partial charge in [-0.25, -0.2) is 8.42 Å². The molecule has 2 rings (SSSR count). The van der Waals surface area contributed by atoms with E-state index in [0.29, 0.717) is 22.7 Å². The van der Waals surface area contributed by atoms with Gasteiger partial charge in [-0.05, 0) is 24.3 Å². The van der Waals surface area contributed by atoms with Gasteiger partial charge in [-0.2, -0.15) is 0 Å². The van der Waals surface area contributed by atoms with Crippen LogP contribution in [0.5, 0.6) is 11.5 Å². The highest BCUT2D eigenvalue weighted by molar-refractivity contribution is 7.92. The summed E-state index contributed by atoms with van der Waals surface area (Å²) in [5.41, 5.74) is 0.862. The topological polar surface area (TPSA) is 84.9 Å².